The molecule has 0 amide bonds. The Morgan fingerprint density at radius 3 is 2.79 bits per heavy atom. The summed E-state index contributed by atoms with van der Waals surface area (Å²) in [5, 5.41) is 0. The zero-order chi connectivity index (χ0) is 10.3. The van der Waals surface area contributed by atoms with Crippen molar-refractivity contribution < 1.29 is 9.18 Å². The first-order chi connectivity index (χ1) is 6.61. The van der Waals surface area contributed by atoms with E-state index >= 15 is 0 Å². The summed E-state index contributed by atoms with van der Waals surface area (Å²) in [5.74, 6) is 0.232. The number of ketones is 1. The minimum absolute atomic E-state index is 0.0614. The molecule has 0 aromatic heterocycles. The van der Waals surface area contributed by atoms with Crippen LogP contribution in [0.4, 0.5) is 4.39 Å². The Hall–Kier alpha value is -1.18. The van der Waals surface area contributed by atoms with Crippen LogP contribution in [-0.4, -0.2) is 5.78 Å². The summed E-state index contributed by atoms with van der Waals surface area (Å²) in [6.07, 6.45) is 0.815. The molecule has 1 aromatic rings. The van der Waals surface area contributed by atoms with Crippen LogP contribution >= 0.6 is 0 Å². The molecule has 1 aliphatic rings. The molecule has 1 fully saturated rings. The highest BCUT2D eigenvalue weighted by Gasteiger charge is 2.43. The molecular weight excluding hydrogens is 179 g/mol. The van der Waals surface area contributed by atoms with Gasteiger partial charge < -0.3 is 0 Å². The molecule has 2 heteroatoms. The predicted molar refractivity (Wildman–Crippen MR) is 52.7 cm³/mol. The predicted octanol–water partition coefficient (Wildman–Crippen LogP) is 2.83. The Kier molecular flexibility index (Phi) is 2.14. The molecule has 0 N–H and O–H groups in total. The molecule has 1 aliphatic carbocycles. The van der Waals surface area contributed by atoms with Gasteiger partial charge in [-0.2, -0.15) is 0 Å². The lowest BCUT2D eigenvalue weighted by Crippen LogP contribution is -1.97. The Morgan fingerprint density at radius 2 is 2.21 bits per heavy atom. The van der Waals surface area contributed by atoms with Gasteiger partial charge in [-0.25, -0.2) is 4.39 Å². The number of hydrogen-bond acceptors (Lipinski definition) is 1. The summed E-state index contributed by atoms with van der Waals surface area (Å²) < 4.78 is 13.6. The van der Waals surface area contributed by atoms with E-state index in [-0.39, 0.29) is 23.4 Å². The fraction of sp³-hybridized carbons (Fsp3) is 0.417. The van der Waals surface area contributed by atoms with Crippen molar-refractivity contribution in [1.82, 2.24) is 0 Å². The maximum Gasteiger partial charge on any atom is 0.133 e. The van der Waals surface area contributed by atoms with Crippen LogP contribution < -0.4 is 0 Å². The van der Waals surface area contributed by atoms with Gasteiger partial charge in [0.1, 0.15) is 11.6 Å². The summed E-state index contributed by atoms with van der Waals surface area (Å²) in [4.78, 5) is 11.1. The summed E-state index contributed by atoms with van der Waals surface area (Å²) in [5.41, 5.74) is 1.38. The molecule has 2 unspecified atom stereocenters. The summed E-state index contributed by atoms with van der Waals surface area (Å²) in [7, 11) is 0. The van der Waals surface area contributed by atoms with Crippen molar-refractivity contribution in [2.75, 3.05) is 0 Å². The van der Waals surface area contributed by atoms with E-state index in [0.717, 1.165) is 6.42 Å². The molecule has 1 nitrogen and oxygen atoms in total. The SMILES string of the molecule is CC(=O)C1CC1c1cccc(C)c1F. The highest BCUT2D eigenvalue weighted by atomic mass is 19.1. The molecule has 0 spiro atoms. The van der Waals surface area contributed by atoms with Crippen molar-refractivity contribution in [1.29, 1.82) is 0 Å². The Labute approximate surface area is 82.9 Å². The van der Waals surface area contributed by atoms with E-state index < -0.39 is 0 Å². The van der Waals surface area contributed by atoms with Gasteiger partial charge in [0.15, 0.2) is 0 Å². The molecule has 0 heterocycles. The number of hydrogen-bond donors (Lipinski definition) is 0. The number of Topliss-reactive ketones (excluding diaryl/α,β-unsaturated/α-hetero) is 1. The summed E-state index contributed by atoms with van der Waals surface area (Å²) in [6.45, 7) is 3.34. The standard InChI is InChI=1S/C12H13FO/c1-7-4-3-5-9(12(7)13)11-6-10(11)8(2)14/h3-5,10-11H,6H2,1-2H3. The number of halogens is 1. The number of carbonyl (C=O) groups is 1. The number of rotatable bonds is 2. The van der Waals surface area contributed by atoms with Gasteiger partial charge in [-0.15, -0.1) is 0 Å². The third-order valence-corrected chi connectivity index (χ3v) is 2.93. The van der Waals surface area contributed by atoms with Crippen molar-refractivity contribution in [2.45, 2.75) is 26.2 Å². The fourth-order valence-electron chi connectivity index (χ4n) is 1.94. The molecule has 74 valence electrons. The molecule has 1 aromatic carbocycles. The lowest BCUT2D eigenvalue weighted by molar-refractivity contribution is -0.118. The second kappa shape index (κ2) is 3.19. The van der Waals surface area contributed by atoms with Gasteiger partial charge in [-0.3, -0.25) is 4.79 Å². The molecule has 0 aliphatic heterocycles. The zero-order valence-electron chi connectivity index (χ0n) is 8.38. The first kappa shape index (κ1) is 9.38. The highest BCUT2D eigenvalue weighted by molar-refractivity contribution is 5.82. The molecular formula is C12H13FO. The first-order valence-corrected chi connectivity index (χ1v) is 4.86. The van der Waals surface area contributed by atoms with Crippen LogP contribution in [0.3, 0.4) is 0 Å². The van der Waals surface area contributed by atoms with E-state index in [9.17, 15) is 9.18 Å². The second-order valence-electron chi connectivity index (χ2n) is 4.04. The van der Waals surface area contributed by atoms with E-state index in [1.807, 2.05) is 6.07 Å². The lowest BCUT2D eigenvalue weighted by atomic mass is 10.0. The number of benzene rings is 1. The molecule has 14 heavy (non-hydrogen) atoms. The quantitative estimate of drug-likeness (QED) is 0.704. The Bertz CT molecular complexity index is 384. The normalized spacial score (nSPS) is 24.8. The van der Waals surface area contributed by atoms with Crippen molar-refractivity contribution in [3.8, 4) is 0 Å². The third-order valence-electron chi connectivity index (χ3n) is 2.93. The topological polar surface area (TPSA) is 17.1 Å². The van der Waals surface area contributed by atoms with Gasteiger partial charge in [0, 0.05) is 5.92 Å². The average molecular weight is 192 g/mol. The van der Waals surface area contributed by atoms with Crippen LogP contribution in [0.2, 0.25) is 0 Å². The molecule has 2 rings (SSSR count). The summed E-state index contributed by atoms with van der Waals surface area (Å²) in [6, 6.07) is 5.39. The largest absolute Gasteiger partial charge is 0.300 e. The van der Waals surface area contributed by atoms with E-state index in [2.05, 4.69) is 0 Å². The van der Waals surface area contributed by atoms with E-state index in [0.29, 0.717) is 11.1 Å². The molecule has 2 atom stereocenters. The molecule has 0 saturated heterocycles. The molecule has 0 radical (unpaired) electrons. The minimum atomic E-state index is -0.138. The van der Waals surface area contributed by atoms with E-state index in [1.165, 1.54) is 0 Å². The van der Waals surface area contributed by atoms with Crippen LogP contribution in [0.25, 0.3) is 0 Å². The highest BCUT2D eigenvalue weighted by Crippen LogP contribution is 2.48. The van der Waals surface area contributed by atoms with Crippen LogP contribution in [0.15, 0.2) is 18.2 Å². The average Bonchev–Trinajstić information content (AvgIpc) is 2.89. The van der Waals surface area contributed by atoms with Crippen molar-refractivity contribution in [3.05, 3.63) is 35.1 Å². The van der Waals surface area contributed by atoms with Gasteiger partial charge in [-0.05, 0) is 37.3 Å². The summed E-state index contributed by atoms with van der Waals surface area (Å²) >= 11 is 0. The van der Waals surface area contributed by atoms with Gasteiger partial charge in [-0.1, -0.05) is 18.2 Å². The number of carbonyl (C=O) groups excluding carboxylic acids is 1. The van der Waals surface area contributed by atoms with Crippen LogP contribution in [0, 0.1) is 18.7 Å². The first-order valence-electron chi connectivity index (χ1n) is 4.86. The lowest BCUT2D eigenvalue weighted by Gasteiger charge is -2.03. The smallest absolute Gasteiger partial charge is 0.133 e. The van der Waals surface area contributed by atoms with Gasteiger partial charge in [0.05, 0.1) is 0 Å². The van der Waals surface area contributed by atoms with Crippen molar-refractivity contribution >= 4 is 5.78 Å². The maximum atomic E-state index is 13.6. The van der Waals surface area contributed by atoms with Gasteiger partial charge >= 0.3 is 0 Å². The van der Waals surface area contributed by atoms with E-state index in [4.69, 9.17) is 0 Å². The third kappa shape index (κ3) is 1.45. The Morgan fingerprint density at radius 1 is 1.50 bits per heavy atom. The van der Waals surface area contributed by atoms with Crippen LogP contribution in [0.5, 0.6) is 0 Å². The maximum absolute atomic E-state index is 13.6. The van der Waals surface area contributed by atoms with Gasteiger partial charge in [0.25, 0.3) is 0 Å². The second-order valence-corrected chi connectivity index (χ2v) is 4.04. The van der Waals surface area contributed by atoms with Crippen molar-refractivity contribution in [3.63, 3.8) is 0 Å². The molecule has 1 saturated carbocycles. The van der Waals surface area contributed by atoms with Crippen LogP contribution in [0.1, 0.15) is 30.4 Å². The zero-order valence-corrected chi connectivity index (χ0v) is 8.38. The van der Waals surface area contributed by atoms with E-state index in [1.54, 1.807) is 26.0 Å². The van der Waals surface area contributed by atoms with Gasteiger partial charge in [0.2, 0.25) is 0 Å². The van der Waals surface area contributed by atoms with Crippen LogP contribution in [-0.2, 0) is 4.79 Å². The monoisotopic (exact) mass is 192 g/mol. The molecule has 0 bridgehead atoms. The Balaban J connectivity index is 2.27. The number of aryl methyl sites for hydroxylation is 1. The minimum Gasteiger partial charge on any atom is -0.300 e. The fourth-order valence-corrected chi connectivity index (χ4v) is 1.94. The van der Waals surface area contributed by atoms with Crippen molar-refractivity contribution in [2.24, 2.45) is 5.92 Å².